The largest absolute Gasteiger partial charge is 0.218 e. The lowest BCUT2D eigenvalue weighted by Gasteiger charge is -1.97. The molecule has 0 saturated carbocycles. The second-order valence-corrected chi connectivity index (χ2v) is 3.40. The van der Waals surface area contributed by atoms with Crippen LogP contribution in [-0.4, -0.2) is 15.2 Å². The predicted molar refractivity (Wildman–Crippen MR) is 52.9 cm³/mol. The van der Waals surface area contributed by atoms with Crippen molar-refractivity contribution in [3.05, 3.63) is 40.9 Å². The summed E-state index contributed by atoms with van der Waals surface area (Å²) < 4.78 is 13.4. The number of rotatable bonds is 1. The standard InChI is InChI=1S/C9H5BrFN3/c10-8-5-4-7(13-14-8)6-2-1-3-9(11)12-6/h1-5H. The zero-order valence-corrected chi connectivity index (χ0v) is 8.57. The van der Waals surface area contributed by atoms with Gasteiger partial charge >= 0.3 is 0 Å². The molecule has 0 radical (unpaired) electrons. The van der Waals surface area contributed by atoms with Crippen LogP contribution in [0.15, 0.2) is 34.9 Å². The van der Waals surface area contributed by atoms with Crippen LogP contribution < -0.4 is 0 Å². The highest BCUT2D eigenvalue weighted by Crippen LogP contribution is 2.14. The Bertz CT molecular complexity index is 444. The van der Waals surface area contributed by atoms with Gasteiger partial charge in [-0.05, 0) is 40.2 Å². The number of halogens is 2. The Morgan fingerprint density at radius 3 is 2.50 bits per heavy atom. The molecule has 0 fully saturated rings. The Kier molecular flexibility index (Phi) is 2.49. The van der Waals surface area contributed by atoms with E-state index in [1.807, 2.05) is 0 Å². The van der Waals surface area contributed by atoms with Crippen LogP contribution in [0.25, 0.3) is 11.4 Å². The van der Waals surface area contributed by atoms with Crippen molar-refractivity contribution in [1.29, 1.82) is 0 Å². The number of pyridine rings is 1. The lowest BCUT2D eigenvalue weighted by atomic mass is 10.2. The van der Waals surface area contributed by atoms with E-state index in [9.17, 15) is 4.39 Å². The van der Waals surface area contributed by atoms with Gasteiger partial charge < -0.3 is 0 Å². The minimum absolute atomic E-state index is 0.477. The van der Waals surface area contributed by atoms with Crippen LogP contribution in [0.2, 0.25) is 0 Å². The van der Waals surface area contributed by atoms with Crippen molar-refractivity contribution in [2.45, 2.75) is 0 Å². The van der Waals surface area contributed by atoms with Crippen LogP contribution >= 0.6 is 15.9 Å². The number of aromatic nitrogens is 3. The van der Waals surface area contributed by atoms with Crippen molar-refractivity contribution < 1.29 is 4.39 Å². The van der Waals surface area contributed by atoms with E-state index in [0.717, 1.165) is 0 Å². The summed E-state index contributed by atoms with van der Waals surface area (Å²) in [6.07, 6.45) is 0. The maximum Gasteiger partial charge on any atom is 0.213 e. The van der Waals surface area contributed by atoms with E-state index >= 15 is 0 Å². The summed E-state index contributed by atoms with van der Waals surface area (Å²) in [5, 5.41) is 7.65. The lowest BCUT2D eigenvalue weighted by molar-refractivity contribution is 0.585. The zero-order chi connectivity index (χ0) is 9.97. The van der Waals surface area contributed by atoms with E-state index in [0.29, 0.717) is 16.0 Å². The normalized spacial score (nSPS) is 10.1. The topological polar surface area (TPSA) is 38.7 Å². The first kappa shape index (κ1) is 9.21. The van der Waals surface area contributed by atoms with Crippen LogP contribution in [-0.2, 0) is 0 Å². The van der Waals surface area contributed by atoms with E-state index in [-0.39, 0.29) is 0 Å². The molecule has 0 aliphatic rings. The zero-order valence-electron chi connectivity index (χ0n) is 6.98. The maximum atomic E-state index is 12.8. The fourth-order valence-corrected chi connectivity index (χ4v) is 1.21. The number of hydrogen-bond acceptors (Lipinski definition) is 3. The van der Waals surface area contributed by atoms with E-state index in [1.165, 1.54) is 6.07 Å². The first-order valence-electron chi connectivity index (χ1n) is 3.88. The van der Waals surface area contributed by atoms with Crippen molar-refractivity contribution in [3.8, 4) is 11.4 Å². The summed E-state index contributed by atoms with van der Waals surface area (Å²) >= 11 is 3.16. The summed E-state index contributed by atoms with van der Waals surface area (Å²) in [6, 6.07) is 8.01. The van der Waals surface area contributed by atoms with Gasteiger partial charge in [0.15, 0.2) is 0 Å². The molecule has 2 rings (SSSR count). The van der Waals surface area contributed by atoms with Crippen LogP contribution in [0.3, 0.4) is 0 Å². The van der Waals surface area contributed by atoms with E-state index < -0.39 is 5.95 Å². The third-order valence-corrected chi connectivity index (χ3v) is 2.03. The Balaban J connectivity index is 2.44. The van der Waals surface area contributed by atoms with Gasteiger partial charge in [-0.25, -0.2) is 4.98 Å². The van der Waals surface area contributed by atoms with Gasteiger partial charge in [0.2, 0.25) is 5.95 Å². The Morgan fingerprint density at radius 1 is 1.00 bits per heavy atom. The van der Waals surface area contributed by atoms with Crippen LogP contribution in [0.4, 0.5) is 4.39 Å². The highest BCUT2D eigenvalue weighted by molar-refractivity contribution is 9.10. The highest BCUT2D eigenvalue weighted by Gasteiger charge is 2.02. The molecule has 0 saturated heterocycles. The summed E-state index contributed by atoms with van der Waals surface area (Å²) in [6.45, 7) is 0. The molecule has 5 heteroatoms. The first-order valence-corrected chi connectivity index (χ1v) is 4.67. The quantitative estimate of drug-likeness (QED) is 0.733. The van der Waals surface area contributed by atoms with Gasteiger partial charge in [-0.2, -0.15) is 4.39 Å². The number of hydrogen-bond donors (Lipinski definition) is 0. The molecule has 0 bridgehead atoms. The van der Waals surface area contributed by atoms with Crippen molar-refractivity contribution in [2.75, 3.05) is 0 Å². The van der Waals surface area contributed by atoms with Crippen molar-refractivity contribution in [1.82, 2.24) is 15.2 Å². The van der Waals surface area contributed by atoms with Gasteiger partial charge in [0.1, 0.15) is 10.3 Å². The second-order valence-electron chi connectivity index (χ2n) is 2.59. The molecule has 0 amide bonds. The summed E-state index contributed by atoms with van der Waals surface area (Å²) in [7, 11) is 0. The monoisotopic (exact) mass is 253 g/mol. The molecule has 70 valence electrons. The SMILES string of the molecule is Fc1cccc(-c2ccc(Br)nn2)n1. The fourth-order valence-electron chi connectivity index (χ4n) is 1.00. The molecule has 0 aromatic carbocycles. The van der Waals surface area contributed by atoms with Gasteiger partial charge in [0, 0.05) is 0 Å². The molecule has 2 aromatic rings. The highest BCUT2D eigenvalue weighted by atomic mass is 79.9. The van der Waals surface area contributed by atoms with Gasteiger partial charge in [-0.1, -0.05) is 6.07 Å². The molecule has 3 nitrogen and oxygen atoms in total. The first-order chi connectivity index (χ1) is 6.75. The minimum Gasteiger partial charge on any atom is -0.218 e. The van der Waals surface area contributed by atoms with Crippen LogP contribution in [0.5, 0.6) is 0 Å². The molecule has 0 N–H and O–H groups in total. The minimum atomic E-state index is -0.521. The van der Waals surface area contributed by atoms with E-state index in [4.69, 9.17) is 0 Å². The molecule has 0 atom stereocenters. The van der Waals surface area contributed by atoms with E-state index in [2.05, 4.69) is 31.1 Å². The lowest BCUT2D eigenvalue weighted by Crippen LogP contribution is -1.91. The molecule has 14 heavy (non-hydrogen) atoms. The Hall–Kier alpha value is -1.36. The third kappa shape index (κ3) is 1.93. The smallest absolute Gasteiger partial charge is 0.213 e. The summed E-state index contributed by atoms with van der Waals surface area (Å²) in [4.78, 5) is 3.69. The van der Waals surface area contributed by atoms with Gasteiger partial charge in [-0.15, -0.1) is 10.2 Å². The third-order valence-electron chi connectivity index (χ3n) is 1.61. The average Bonchev–Trinajstić information content (AvgIpc) is 2.19. The molecule has 0 aliphatic heterocycles. The van der Waals surface area contributed by atoms with Crippen LogP contribution in [0.1, 0.15) is 0 Å². The molecule has 0 spiro atoms. The molecule has 0 unspecified atom stereocenters. The summed E-state index contributed by atoms with van der Waals surface area (Å²) in [5.41, 5.74) is 1.03. The molecular formula is C9H5BrFN3. The molecule has 2 aromatic heterocycles. The molecule has 0 aliphatic carbocycles. The van der Waals surface area contributed by atoms with Crippen LogP contribution in [0, 0.1) is 5.95 Å². The molecule has 2 heterocycles. The van der Waals surface area contributed by atoms with Gasteiger partial charge in [0.25, 0.3) is 0 Å². The molecular weight excluding hydrogens is 249 g/mol. The number of nitrogens with zero attached hydrogens (tertiary/aromatic N) is 3. The Morgan fingerprint density at radius 2 is 1.86 bits per heavy atom. The average molecular weight is 254 g/mol. The summed E-state index contributed by atoms with van der Waals surface area (Å²) in [5.74, 6) is -0.521. The van der Waals surface area contributed by atoms with Crippen molar-refractivity contribution >= 4 is 15.9 Å². The predicted octanol–water partition coefficient (Wildman–Crippen LogP) is 2.44. The van der Waals surface area contributed by atoms with E-state index in [1.54, 1.807) is 24.3 Å². The fraction of sp³-hybridized carbons (Fsp3) is 0. The maximum absolute atomic E-state index is 12.8. The van der Waals surface area contributed by atoms with Gasteiger partial charge in [-0.3, -0.25) is 0 Å². The van der Waals surface area contributed by atoms with Gasteiger partial charge in [0.05, 0.1) is 5.69 Å². The van der Waals surface area contributed by atoms with Crippen molar-refractivity contribution in [2.24, 2.45) is 0 Å². The van der Waals surface area contributed by atoms with Crippen molar-refractivity contribution in [3.63, 3.8) is 0 Å². The second kappa shape index (κ2) is 3.79. The Labute approximate surface area is 88.1 Å².